The molecule has 1 aromatic carbocycles. The van der Waals surface area contributed by atoms with E-state index in [9.17, 15) is 9.90 Å². The Bertz CT molecular complexity index is 655. The second kappa shape index (κ2) is 8.67. The highest BCUT2D eigenvalue weighted by Gasteiger charge is 2.25. The molecule has 2 unspecified atom stereocenters. The topological polar surface area (TPSA) is 79.2 Å². The van der Waals surface area contributed by atoms with Gasteiger partial charge in [-0.1, -0.05) is 25.0 Å². The fourth-order valence-corrected chi connectivity index (χ4v) is 3.39. The highest BCUT2D eigenvalue weighted by Crippen LogP contribution is 2.23. The maximum atomic E-state index is 12.1. The molecule has 2 amide bonds. The first-order valence-electron chi connectivity index (χ1n) is 9.00. The summed E-state index contributed by atoms with van der Waals surface area (Å²) in [5.74, 6) is 0.189. The van der Waals surface area contributed by atoms with Crippen molar-refractivity contribution >= 4 is 6.03 Å². The predicted octanol–water partition coefficient (Wildman–Crippen LogP) is 2.27. The summed E-state index contributed by atoms with van der Waals surface area (Å²) in [6, 6.07) is 10.0. The molecule has 0 radical (unpaired) electrons. The molecule has 0 spiro atoms. The van der Waals surface area contributed by atoms with E-state index >= 15 is 0 Å². The number of nitrogens with zero attached hydrogens (tertiary/aromatic N) is 2. The normalized spacial score (nSPS) is 20.2. The predicted molar refractivity (Wildman–Crippen MR) is 96.6 cm³/mol. The summed E-state index contributed by atoms with van der Waals surface area (Å²) >= 11 is 0. The average molecular weight is 342 g/mol. The van der Waals surface area contributed by atoms with Crippen LogP contribution in [0.25, 0.3) is 5.69 Å². The molecule has 6 heteroatoms. The molecule has 25 heavy (non-hydrogen) atoms. The highest BCUT2D eigenvalue weighted by atomic mass is 16.3. The molecule has 1 aliphatic carbocycles. The number of hydrogen-bond donors (Lipinski definition) is 3. The van der Waals surface area contributed by atoms with Gasteiger partial charge in [-0.05, 0) is 43.0 Å². The molecule has 0 saturated heterocycles. The van der Waals surface area contributed by atoms with Gasteiger partial charge in [0.2, 0.25) is 0 Å². The molecule has 1 aromatic heterocycles. The standard InChI is InChI=1S/C19H26N4O2/c24-14-16-4-1-2-5-18(16)22-19(25)20-12-10-15-6-8-17(9-7-15)23-13-3-11-21-23/h3,6-9,11,13,16,18,24H,1-2,4-5,10,12,14H2,(H2,20,22,25). The van der Waals surface area contributed by atoms with Crippen molar-refractivity contribution in [3.63, 3.8) is 0 Å². The summed E-state index contributed by atoms with van der Waals surface area (Å²) in [6.07, 6.45) is 8.64. The second-order valence-corrected chi connectivity index (χ2v) is 6.60. The van der Waals surface area contributed by atoms with Gasteiger partial charge >= 0.3 is 6.03 Å². The Morgan fingerprint density at radius 1 is 1.24 bits per heavy atom. The third-order valence-corrected chi connectivity index (χ3v) is 4.86. The van der Waals surface area contributed by atoms with E-state index in [1.807, 2.05) is 29.1 Å². The number of carbonyl (C=O) groups is 1. The second-order valence-electron chi connectivity index (χ2n) is 6.60. The first-order valence-corrected chi connectivity index (χ1v) is 9.00. The lowest BCUT2D eigenvalue weighted by atomic mass is 9.85. The number of hydrogen-bond acceptors (Lipinski definition) is 3. The molecule has 1 fully saturated rings. The summed E-state index contributed by atoms with van der Waals surface area (Å²) in [5.41, 5.74) is 2.19. The number of carbonyl (C=O) groups excluding carboxylic acids is 1. The van der Waals surface area contributed by atoms with Crippen LogP contribution in [0.2, 0.25) is 0 Å². The van der Waals surface area contributed by atoms with Crippen molar-refractivity contribution in [1.82, 2.24) is 20.4 Å². The van der Waals surface area contributed by atoms with Gasteiger partial charge in [0.1, 0.15) is 0 Å². The van der Waals surface area contributed by atoms with Crippen LogP contribution in [0.1, 0.15) is 31.2 Å². The number of urea groups is 1. The van der Waals surface area contributed by atoms with Gasteiger partial charge in [0.05, 0.1) is 5.69 Å². The number of benzene rings is 1. The molecule has 1 aliphatic rings. The summed E-state index contributed by atoms with van der Waals surface area (Å²) in [5, 5.41) is 19.5. The maximum Gasteiger partial charge on any atom is 0.315 e. The van der Waals surface area contributed by atoms with Crippen LogP contribution in [0.15, 0.2) is 42.7 Å². The SMILES string of the molecule is O=C(NCCc1ccc(-n2cccn2)cc1)NC1CCCCC1CO. The van der Waals surface area contributed by atoms with Crippen molar-refractivity contribution in [2.24, 2.45) is 5.92 Å². The van der Waals surface area contributed by atoms with Gasteiger partial charge in [-0.25, -0.2) is 9.48 Å². The minimum absolute atomic E-state index is 0.0899. The van der Waals surface area contributed by atoms with Crippen LogP contribution in [0.4, 0.5) is 4.79 Å². The molecule has 1 heterocycles. The quantitative estimate of drug-likeness (QED) is 0.753. The Balaban J connectivity index is 1.42. The molecule has 3 rings (SSSR count). The van der Waals surface area contributed by atoms with E-state index in [1.165, 1.54) is 5.56 Å². The van der Waals surface area contributed by atoms with Gasteiger partial charge in [0, 0.05) is 37.5 Å². The Morgan fingerprint density at radius 2 is 2.04 bits per heavy atom. The van der Waals surface area contributed by atoms with E-state index in [1.54, 1.807) is 6.20 Å². The fraction of sp³-hybridized carbons (Fsp3) is 0.474. The third-order valence-electron chi connectivity index (χ3n) is 4.86. The van der Waals surface area contributed by atoms with Crippen LogP contribution in [0.3, 0.4) is 0 Å². The monoisotopic (exact) mass is 342 g/mol. The van der Waals surface area contributed by atoms with Crippen LogP contribution < -0.4 is 10.6 Å². The molecule has 1 saturated carbocycles. The van der Waals surface area contributed by atoms with Gasteiger partial charge in [-0.15, -0.1) is 0 Å². The van der Waals surface area contributed by atoms with Crippen LogP contribution in [-0.2, 0) is 6.42 Å². The first kappa shape index (κ1) is 17.5. The summed E-state index contributed by atoms with van der Waals surface area (Å²) in [7, 11) is 0. The molecule has 2 atom stereocenters. The van der Waals surface area contributed by atoms with Crippen LogP contribution in [0, 0.1) is 5.92 Å². The van der Waals surface area contributed by atoms with E-state index in [2.05, 4.69) is 27.9 Å². The molecule has 134 valence electrons. The molecular weight excluding hydrogens is 316 g/mol. The van der Waals surface area contributed by atoms with Crippen molar-refractivity contribution in [3.05, 3.63) is 48.3 Å². The zero-order valence-electron chi connectivity index (χ0n) is 14.4. The summed E-state index contributed by atoms with van der Waals surface area (Å²) in [6.45, 7) is 0.733. The Hall–Kier alpha value is -2.34. The summed E-state index contributed by atoms with van der Waals surface area (Å²) < 4.78 is 1.82. The number of aromatic nitrogens is 2. The Kier molecular flexibility index (Phi) is 6.06. The van der Waals surface area contributed by atoms with Crippen molar-refractivity contribution < 1.29 is 9.90 Å². The average Bonchev–Trinajstić information content (AvgIpc) is 3.17. The van der Waals surface area contributed by atoms with Gasteiger partial charge in [0.15, 0.2) is 0 Å². The van der Waals surface area contributed by atoms with Crippen LogP contribution >= 0.6 is 0 Å². The zero-order chi connectivity index (χ0) is 17.5. The zero-order valence-corrected chi connectivity index (χ0v) is 14.4. The third kappa shape index (κ3) is 4.82. The lowest BCUT2D eigenvalue weighted by Crippen LogP contribution is -2.48. The van der Waals surface area contributed by atoms with Crippen LogP contribution in [0.5, 0.6) is 0 Å². The minimum Gasteiger partial charge on any atom is -0.396 e. The lowest BCUT2D eigenvalue weighted by Gasteiger charge is -2.30. The molecule has 6 nitrogen and oxygen atoms in total. The van der Waals surface area contributed by atoms with E-state index in [-0.39, 0.29) is 24.6 Å². The van der Waals surface area contributed by atoms with Gasteiger partial charge in [0.25, 0.3) is 0 Å². The number of nitrogens with one attached hydrogen (secondary N) is 2. The molecule has 0 aliphatic heterocycles. The largest absolute Gasteiger partial charge is 0.396 e. The molecule has 3 N–H and O–H groups in total. The highest BCUT2D eigenvalue weighted by molar-refractivity contribution is 5.74. The van der Waals surface area contributed by atoms with Gasteiger partial charge in [-0.3, -0.25) is 0 Å². The maximum absolute atomic E-state index is 12.1. The molecule has 2 aromatic rings. The minimum atomic E-state index is -0.140. The van der Waals surface area contributed by atoms with Gasteiger partial charge in [-0.2, -0.15) is 5.10 Å². The Labute approximate surface area is 148 Å². The first-order chi connectivity index (χ1) is 12.3. The molecule has 0 bridgehead atoms. The number of amides is 2. The number of rotatable bonds is 6. The van der Waals surface area contributed by atoms with E-state index in [0.29, 0.717) is 6.54 Å². The van der Waals surface area contributed by atoms with E-state index in [0.717, 1.165) is 37.8 Å². The van der Waals surface area contributed by atoms with Crippen LogP contribution in [-0.4, -0.2) is 40.1 Å². The fourth-order valence-electron chi connectivity index (χ4n) is 3.39. The van der Waals surface area contributed by atoms with E-state index in [4.69, 9.17) is 0 Å². The summed E-state index contributed by atoms with van der Waals surface area (Å²) in [4.78, 5) is 12.1. The molecular formula is C19H26N4O2. The van der Waals surface area contributed by atoms with Crippen molar-refractivity contribution in [2.45, 2.75) is 38.1 Å². The van der Waals surface area contributed by atoms with Crippen molar-refractivity contribution in [1.29, 1.82) is 0 Å². The van der Waals surface area contributed by atoms with Crippen molar-refractivity contribution in [3.8, 4) is 5.69 Å². The smallest absolute Gasteiger partial charge is 0.315 e. The number of aliphatic hydroxyl groups excluding tert-OH is 1. The van der Waals surface area contributed by atoms with Crippen molar-refractivity contribution in [2.75, 3.05) is 13.2 Å². The lowest BCUT2D eigenvalue weighted by molar-refractivity contribution is 0.154. The van der Waals surface area contributed by atoms with E-state index < -0.39 is 0 Å². The number of aliphatic hydroxyl groups is 1. The Morgan fingerprint density at radius 3 is 2.76 bits per heavy atom. The van der Waals surface area contributed by atoms with Gasteiger partial charge < -0.3 is 15.7 Å².